The minimum absolute atomic E-state index is 0.299. The first-order valence-corrected chi connectivity index (χ1v) is 8.37. The van der Waals surface area contributed by atoms with E-state index >= 15 is 0 Å². The van der Waals surface area contributed by atoms with Crippen molar-refractivity contribution in [2.45, 2.75) is 18.8 Å². The minimum atomic E-state index is -0.941. The summed E-state index contributed by atoms with van der Waals surface area (Å²) in [5.41, 5.74) is 1.90. The number of aromatic nitrogens is 1. The van der Waals surface area contributed by atoms with E-state index in [0.717, 1.165) is 30.7 Å². The molecule has 5 heteroatoms. The second kappa shape index (κ2) is 6.41. The second-order valence-electron chi connectivity index (χ2n) is 6.28. The molecular formula is C21H17F2NO2. The monoisotopic (exact) mass is 353 g/mol. The van der Waals surface area contributed by atoms with Crippen LogP contribution in [0.5, 0.6) is 17.2 Å². The zero-order valence-corrected chi connectivity index (χ0v) is 14.3. The molecule has 2 aromatic carbocycles. The van der Waals surface area contributed by atoms with Gasteiger partial charge in [-0.25, -0.2) is 8.78 Å². The highest BCUT2D eigenvalue weighted by atomic mass is 19.2. The Labute approximate surface area is 149 Å². The van der Waals surface area contributed by atoms with Crippen LogP contribution < -0.4 is 9.47 Å². The maximum absolute atomic E-state index is 13.9. The first-order valence-electron chi connectivity index (χ1n) is 8.37. The van der Waals surface area contributed by atoms with Crippen molar-refractivity contribution >= 4 is 17.0 Å². The van der Waals surface area contributed by atoms with Crippen LogP contribution in [0, 0.1) is 11.6 Å². The van der Waals surface area contributed by atoms with Gasteiger partial charge in [0.05, 0.1) is 18.3 Å². The van der Waals surface area contributed by atoms with Crippen molar-refractivity contribution < 1.29 is 18.3 Å². The van der Waals surface area contributed by atoms with Gasteiger partial charge >= 0.3 is 0 Å². The molecule has 0 atom stereocenters. The molecule has 1 aliphatic rings. The van der Waals surface area contributed by atoms with E-state index in [9.17, 15) is 8.78 Å². The molecule has 1 aromatic heterocycles. The summed E-state index contributed by atoms with van der Waals surface area (Å²) in [5, 5.41) is 0.408. The van der Waals surface area contributed by atoms with Gasteiger partial charge in [0.2, 0.25) is 0 Å². The predicted octanol–water partition coefficient (Wildman–Crippen LogP) is 5.83. The average molecular weight is 353 g/mol. The van der Waals surface area contributed by atoms with Crippen LogP contribution in [0.2, 0.25) is 0 Å². The van der Waals surface area contributed by atoms with Crippen molar-refractivity contribution in [2.75, 3.05) is 7.11 Å². The third kappa shape index (κ3) is 2.90. The molecule has 0 aliphatic heterocycles. The van der Waals surface area contributed by atoms with E-state index in [0.29, 0.717) is 39.6 Å². The number of benzene rings is 2. The van der Waals surface area contributed by atoms with E-state index in [1.807, 2.05) is 0 Å². The summed E-state index contributed by atoms with van der Waals surface area (Å²) >= 11 is 0. The molecule has 1 aliphatic carbocycles. The standard InChI is InChI=1S/C21H17F2NO2/c1-3-15-20(12-7-8-12)24-19-11-18(23)17(22)10-16(19)21(15)26-14-6-4-5-13(9-14)25-2/h3-6,9-12H,1,7-8H2,2H3. The lowest BCUT2D eigenvalue weighted by Crippen LogP contribution is -2.00. The lowest BCUT2D eigenvalue weighted by Gasteiger charge is -2.16. The lowest BCUT2D eigenvalue weighted by molar-refractivity contribution is 0.409. The van der Waals surface area contributed by atoms with E-state index in [1.54, 1.807) is 37.5 Å². The van der Waals surface area contributed by atoms with Gasteiger partial charge in [-0.05, 0) is 31.0 Å². The van der Waals surface area contributed by atoms with Crippen LogP contribution in [-0.2, 0) is 0 Å². The normalized spacial score (nSPS) is 13.7. The summed E-state index contributed by atoms with van der Waals surface area (Å²) in [6.45, 7) is 3.87. The molecule has 3 aromatic rings. The van der Waals surface area contributed by atoms with Crippen LogP contribution >= 0.6 is 0 Å². The van der Waals surface area contributed by atoms with Gasteiger partial charge in [-0.15, -0.1) is 0 Å². The molecule has 132 valence electrons. The molecule has 26 heavy (non-hydrogen) atoms. The third-order valence-corrected chi connectivity index (χ3v) is 4.47. The summed E-state index contributed by atoms with van der Waals surface area (Å²) in [4.78, 5) is 4.56. The van der Waals surface area contributed by atoms with Gasteiger partial charge in [0.1, 0.15) is 17.2 Å². The van der Waals surface area contributed by atoms with Crippen molar-refractivity contribution in [2.24, 2.45) is 0 Å². The Balaban J connectivity index is 1.94. The number of methoxy groups -OCH3 is 1. The van der Waals surface area contributed by atoms with Crippen LogP contribution in [0.1, 0.15) is 30.0 Å². The Hall–Kier alpha value is -2.95. The SMILES string of the molecule is C=Cc1c(C2CC2)nc2cc(F)c(F)cc2c1Oc1cccc(OC)c1. The highest BCUT2D eigenvalue weighted by molar-refractivity contribution is 5.90. The van der Waals surface area contributed by atoms with Crippen molar-refractivity contribution in [1.82, 2.24) is 4.98 Å². The second-order valence-corrected chi connectivity index (χ2v) is 6.28. The number of hydrogen-bond donors (Lipinski definition) is 0. The number of fused-ring (bicyclic) bond motifs is 1. The van der Waals surface area contributed by atoms with E-state index in [-0.39, 0.29) is 0 Å². The highest BCUT2D eigenvalue weighted by Gasteiger charge is 2.30. The molecule has 0 N–H and O–H groups in total. The Kier molecular flexibility index (Phi) is 4.07. The molecule has 0 saturated heterocycles. The predicted molar refractivity (Wildman–Crippen MR) is 96.8 cm³/mol. The van der Waals surface area contributed by atoms with Gasteiger partial charge in [0.15, 0.2) is 11.6 Å². The summed E-state index contributed by atoms with van der Waals surface area (Å²) in [6, 6.07) is 9.34. The highest BCUT2D eigenvalue weighted by Crippen LogP contribution is 2.46. The smallest absolute Gasteiger partial charge is 0.161 e. The zero-order chi connectivity index (χ0) is 18.3. The first kappa shape index (κ1) is 16.5. The van der Waals surface area contributed by atoms with Crippen LogP contribution in [0.4, 0.5) is 8.78 Å². The fourth-order valence-corrected chi connectivity index (χ4v) is 3.02. The number of pyridine rings is 1. The van der Waals surface area contributed by atoms with Gasteiger partial charge in [-0.2, -0.15) is 0 Å². The fourth-order valence-electron chi connectivity index (χ4n) is 3.02. The van der Waals surface area contributed by atoms with Gasteiger partial charge in [-0.1, -0.05) is 18.7 Å². The number of hydrogen-bond acceptors (Lipinski definition) is 3. The third-order valence-electron chi connectivity index (χ3n) is 4.47. The van der Waals surface area contributed by atoms with E-state index in [4.69, 9.17) is 9.47 Å². The average Bonchev–Trinajstić information content (AvgIpc) is 3.48. The number of rotatable bonds is 5. The number of ether oxygens (including phenoxy) is 2. The molecule has 0 amide bonds. The molecular weight excluding hydrogens is 336 g/mol. The molecule has 0 unspecified atom stereocenters. The first-order chi connectivity index (χ1) is 12.6. The van der Waals surface area contributed by atoms with Crippen molar-refractivity contribution in [3.8, 4) is 17.2 Å². The summed E-state index contributed by atoms with van der Waals surface area (Å²) in [5.74, 6) is 0.0359. The molecule has 3 nitrogen and oxygen atoms in total. The van der Waals surface area contributed by atoms with Gasteiger partial charge in [-0.3, -0.25) is 4.98 Å². The summed E-state index contributed by atoms with van der Waals surface area (Å²) < 4.78 is 38.9. The molecule has 0 radical (unpaired) electrons. The van der Waals surface area contributed by atoms with Gasteiger partial charge < -0.3 is 9.47 Å². The van der Waals surface area contributed by atoms with Crippen LogP contribution in [0.25, 0.3) is 17.0 Å². The maximum Gasteiger partial charge on any atom is 0.161 e. The minimum Gasteiger partial charge on any atom is -0.497 e. The number of nitrogens with zero attached hydrogens (tertiary/aromatic N) is 1. The maximum atomic E-state index is 13.9. The quantitative estimate of drug-likeness (QED) is 0.578. The molecule has 0 spiro atoms. The fraction of sp³-hybridized carbons (Fsp3) is 0.190. The molecule has 0 bridgehead atoms. The van der Waals surface area contributed by atoms with Crippen LogP contribution in [-0.4, -0.2) is 12.1 Å². The summed E-state index contributed by atoms with van der Waals surface area (Å²) in [6.07, 6.45) is 3.69. The summed E-state index contributed by atoms with van der Waals surface area (Å²) in [7, 11) is 1.57. The Morgan fingerprint density at radius 1 is 1.12 bits per heavy atom. The van der Waals surface area contributed by atoms with Crippen molar-refractivity contribution in [3.05, 3.63) is 65.9 Å². The number of halogens is 2. The Morgan fingerprint density at radius 2 is 1.85 bits per heavy atom. The van der Waals surface area contributed by atoms with Gasteiger partial charge in [0.25, 0.3) is 0 Å². The zero-order valence-electron chi connectivity index (χ0n) is 14.3. The molecule has 4 rings (SSSR count). The van der Waals surface area contributed by atoms with Gasteiger partial charge in [0, 0.05) is 29.0 Å². The van der Waals surface area contributed by atoms with Crippen molar-refractivity contribution in [3.63, 3.8) is 0 Å². The van der Waals surface area contributed by atoms with Crippen LogP contribution in [0.15, 0.2) is 43.0 Å². The van der Waals surface area contributed by atoms with Crippen molar-refractivity contribution in [1.29, 1.82) is 0 Å². The van der Waals surface area contributed by atoms with E-state index in [1.165, 1.54) is 0 Å². The van der Waals surface area contributed by atoms with Crippen LogP contribution in [0.3, 0.4) is 0 Å². The van der Waals surface area contributed by atoms with E-state index in [2.05, 4.69) is 11.6 Å². The topological polar surface area (TPSA) is 31.4 Å². The Morgan fingerprint density at radius 3 is 2.54 bits per heavy atom. The molecule has 1 fully saturated rings. The lowest BCUT2D eigenvalue weighted by atomic mass is 10.0. The molecule has 1 heterocycles. The Bertz CT molecular complexity index is 1010. The van der Waals surface area contributed by atoms with E-state index < -0.39 is 11.6 Å². The molecule has 1 saturated carbocycles. The largest absolute Gasteiger partial charge is 0.497 e.